The van der Waals surface area contributed by atoms with Gasteiger partial charge >= 0.3 is 0 Å². The Balaban J connectivity index is 2.80. The quantitative estimate of drug-likeness (QED) is 0.722. The summed E-state index contributed by atoms with van der Waals surface area (Å²) in [5, 5.41) is -0.745. The molecule has 0 spiro atoms. The monoisotopic (exact) mass is 218 g/mol. The maximum Gasteiger partial charge on any atom is 0.156 e. The third kappa shape index (κ3) is 2.16. The van der Waals surface area contributed by atoms with Crippen LogP contribution in [-0.4, -0.2) is 24.7 Å². The van der Waals surface area contributed by atoms with Crippen molar-refractivity contribution in [1.29, 1.82) is 0 Å². The van der Waals surface area contributed by atoms with Crippen molar-refractivity contribution >= 4 is 15.6 Å². The Morgan fingerprint density at radius 3 is 2.21 bits per heavy atom. The van der Waals surface area contributed by atoms with E-state index in [1.807, 2.05) is 13.8 Å². The first kappa shape index (κ1) is 11.7. The van der Waals surface area contributed by atoms with Gasteiger partial charge in [-0.15, -0.1) is 0 Å². The minimum Gasteiger partial charge on any atom is -0.300 e. The van der Waals surface area contributed by atoms with Gasteiger partial charge < -0.3 is 0 Å². The molecule has 0 aromatic rings. The zero-order chi connectivity index (χ0) is 10.9. The molecule has 0 N–H and O–H groups in total. The zero-order valence-electron chi connectivity index (χ0n) is 8.99. The maximum absolute atomic E-state index is 12.0. The highest BCUT2D eigenvalue weighted by molar-refractivity contribution is 7.92. The van der Waals surface area contributed by atoms with Crippen LogP contribution in [0.25, 0.3) is 0 Å². The van der Waals surface area contributed by atoms with E-state index < -0.39 is 15.1 Å². The first-order chi connectivity index (χ1) is 6.35. The molecule has 0 bridgehead atoms. The van der Waals surface area contributed by atoms with Gasteiger partial charge in [-0.1, -0.05) is 13.8 Å². The molecule has 3 nitrogen and oxygen atoms in total. The summed E-state index contributed by atoms with van der Waals surface area (Å²) in [5.74, 6) is 0.213. The first-order valence-corrected chi connectivity index (χ1v) is 6.71. The highest BCUT2D eigenvalue weighted by Gasteiger charge is 2.37. The van der Waals surface area contributed by atoms with Gasteiger partial charge in [0.2, 0.25) is 0 Å². The predicted molar refractivity (Wildman–Crippen MR) is 55.9 cm³/mol. The molecule has 0 heterocycles. The maximum atomic E-state index is 12.0. The number of hydrogen-bond donors (Lipinski definition) is 0. The molecule has 82 valence electrons. The number of carbonyl (C=O) groups is 1. The molecule has 1 aliphatic rings. The van der Waals surface area contributed by atoms with E-state index in [1.165, 1.54) is 0 Å². The van der Waals surface area contributed by atoms with Gasteiger partial charge in [0.25, 0.3) is 0 Å². The average Bonchev–Trinajstić information content (AvgIpc) is 2.50. The Morgan fingerprint density at radius 2 is 1.86 bits per heavy atom. The van der Waals surface area contributed by atoms with E-state index in [4.69, 9.17) is 0 Å². The van der Waals surface area contributed by atoms with Crippen LogP contribution in [0.1, 0.15) is 40.0 Å². The van der Waals surface area contributed by atoms with Crippen molar-refractivity contribution in [2.24, 2.45) is 5.92 Å². The van der Waals surface area contributed by atoms with E-state index in [2.05, 4.69) is 0 Å². The minimum atomic E-state index is -3.09. The van der Waals surface area contributed by atoms with Crippen LogP contribution < -0.4 is 0 Å². The highest BCUT2D eigenvalue weighted by Crippen LogP contribution is 2.27. The third-order valence-electron chi connectivity index (χ3n) is 3.12. The van der Waals surface area contributed by atoms with Gasteiger partial charge in [-0.05, 0) is 19.3 Å². The number of sulfone groups is 1. The molecule has 0 amide bonds. The fourth-order valence-electron chi connectivity index (χ4n) is 1.74. The van der Waals surface area contributed by atoms with Crippen molar-refractivity contribution in [2.45, 2.75) is 50.5 Å². The third-order valence-corrected chi connectivity index (χ3v) is 6.03. The fraction of sp³-hybridized carbons (Fsp3) is 0.900. The second-order valence-corrected chi connectivity index (χ2v) is 7.03. The number of hydrogen-bond acceptors (Lipinski definition) is 3. The number of Topliss-reactive ketones (excluding diaryl/α,β-unsaturated/α-hetero) is 1. The summed E-state index contributed by atoms with van der Waals surface area (Å²) < 4.78 is 23.9. The molecule has 1 rings (SSSR count). The summed E-state index contributed by atoms with van der Waals surface area (Å²) in [6.45, 7) is 5.54. The molecule has 0 aliphatic heterocycles. The van der Waals surface area contributed by atoms with Crippen LogP contribution >= 0.6 is 0 Å². The largest absolute Gasteiger partial charge is 0.300 e. The minimum absolute atomic E-state index is 0.0922. The van der Waals surface area contributed by atoms with Crippen LogP contribution in [0.4, 0.5) is 0 Å². The van der Waals surface area contributed by atoms with E-state index >= 15 is 0 Å². The summed E-state index contributed by atoms with van der Waals surface area (Å²) in [5.41, 5.74) is 0. The Hall–Kier alpha value is -0.380. The van der Waals surface area contributed by atoms with Crippen LogP contribution in [-0.2, 0) is 14.6 Å². The van der Waals surface area contributed by atoms with Crippen molar-refractivity contribution in [2.75, 3.05) is 0 Å². The molecule has 0 radical (unpaired) electrons. The molecule has 0 saturated heterocycles. The Morgan fingerprint density at radius 1 is 1.29 bits per heavy atom. The van der Waals surface area contributed by atoms with Crippen molar-refractivity contribution in [3.8, 4) is 0 Å². The SMILES string of the molecule is CC(C)C(C)S(=O)(=O)C1CCC(=O)C1. The van der Waals surface area contributed by atoms with E-state index in [-0.39, 0.29) is 23.4 Å². The number of carbonyl (C=O) groups excluding carboxylic acids is 1. The molecule has 1 fully saturated rings. The summed E-state index contributed by atoms with van der Waals surface area (Å²) in [6.07, 6.45) is 1.20. The standard InChI is InChI=1S/C10H18O3S/c1-7(2)8(3)14(12,13)10-5-4-9(11)6-10/h7-8,10H,4-6H2,1-3H3. The van der Waals surface area contributed by atoms with Crippen molar-refractivity contribution < 1.29 is 13.2 Å². The van der Waals surface area contributed by atoms with Crippen molar-refractivity contribution in [1.82, 2.24) is 0 Å². The normalized spacial score (nSPS) is 25.7. The topological polar surface area (TPSA) is 51.2 Å². The first-order valence-electron chi connectivity index (χ1n) is 5.10. The second-order valence-electron chi connectivity index (χ2n) is 4.44. The molecule has 2 unspecified atom stereocenters. The predicted octanol–water partition coefficient (Wildman–Crippen LogP) is 1.57. The zero-order valence-corrected chi connectivity index (χ0v) is 9.80. The molecule has 14 heavy (non-hydrogen) atoms. The van der Waals surface area contributed by atoms with E-state index in [0.717, 1.165) is 0 Å². The molecular formula is C10H18O3S. The van der Waals surface area contributed by atoms with Crippen LogP contribution in [0.2, 0.25) is 0 Å². The van der Waals surface area contributed by atoms with Gasteiger partial charge in [-0.25, -0.2) is 8.42 Å². The Kier molecular flexibility index (Phi) is 3.35. The van der Waals surface area contributed by atoms with Gasteiger partial charge in [0.1, 0.15) is 5.78 Å². The van der Waals surface area contributed by atoms with Crippen LogP contribution in [0.15, 0.2) is 0 Å². The van der Waals surface area contributed by atoms with E-state index in [9.17, 15) is 13.2 Å². The smallest absolute Gasteiger partial charge is 0.156 e. The molecule has 1 saturated carbocycles. The van der Waals surface area contributed by atoms with Crippen LogP contribution in [0.3, 0.4) is 0 Å². The van der Waals surface area contributed by atoms with E-state index in [0.29, 0.717) is 12.8 Å². The second kappa shape index (κ2) is 4.01. The van der Waals surface area contributed by atoms with Crippen molar-refractivity contribution in [3.63, 3.8) is 0 Å². The van der Waals surface area contributed by atoms with Gasteiger partial charge in [0, 0.05) is 12.8 Å². The summed E-state index contributed by atoms with van der Waals surface area (Å²) >= 11 is 0. The molecule has 2 atom stereocenters. The molecule has 4 heteroatoms. The lowest BCUT2D eigenvalue weighted by Gasteiger charge is -2.20. The number of rotatable bonds is 3. The molecule has 0 aromatic heterocycles. The average molecular weight is 218 g/mol. The highest BCUT2D eigenvalue weighted by atomic mass is 32.2. The molecule has 0 aromatic carbocycles. The lowest BCUT2D eigenvalue weighted by molar-refractivity contribution is -0.117. The summed E-state index contributed by atoms with van der Waals surface area (Å²) in [4.78, 5) is 11.0. The molecule has 1 aliphatic carbocycles. The van der Waals surface area contributed by atoms with Crippen LogP contribution in [0.5, 0.6) is 0 Å². The Labute approximate surface area is 85.8 Å². The van der Waals surface area contributed by atoms with Gasteiger partial charge in [-0.3, -0.25) is 4.79 Å². The summed E-state index contributed by atoms with van der Waals surface area (Å²) in [7, 11) is -3.09. The summed E-state index contributed by atoms with van der Waals surface area (Å²) in [6, 6.07) is 0. The van der Waals surface area contributed by atoms with Crippen LogP contribution in [0, 0.1) is 5.92 Å². The lowest BCUT2D eigenvalue weighted by Crippen LogP contribution is -2.32. The molecular weight excluding hydrogens is 200 g/mol. The van der Waals surface area contributed by atoms with Gasteiger partial charge in [0.05, 0.1) is 10.5 Å². The van der Waals surface area contributed by atoms with E-state index in [1.54, 1.807) is 6.92 Å². The van der Waals surface area contributed by atoms with Gasteiger partial charge in [-0.2, -0.15) is 0 Å². The lowest BCUT2D eigenvalue weighted by atomic mass is 10.2. The van der Waals surface area contributed by atoms with Gasteiger partial charge in [0.15, 0.2) is 9.84 Å². The fourth-order valence-corrected chi connectivity index (χ4v) is 3.97. The number of ketones is 1. The Bertz CT molecular complexity index is 316. The van der Waals surface area contributed by atoms with Crippen molar-refractivity contribution in [3.05, 3.63) is 0 Å².